The molecule has 1 N–H and O–H groups in total. The SMILES string of the molecule is Cc1cnccc1-c1cccc(C(CCCC#N)NSc2ccccc2C(F)(F)F)c1. The summed E-state index contributed by atoms with van der Waals surface area (Å²) in [6.07, 6.45) is 0.795. The van der Waals surface area contributed by atoms with E-state index >= 15 is 0 Å². The van der Waals surface area contributed by atoms with Crippen LogP contribution in [0.1, 0.15) is 42.0 Å². The fraction of sp³-hybridized carbons (Fsp3) is 0.250. The van der Waals surface area contributed by atoms with E-state index in [-0.39, 0.29) is 10.9 Å². The van der Waals surface area contributed by atoms with Gasteiger partial charge in [0.15, 0.2) is 0 Å². The molecule has 2 aromatic carbocycles. The molecule has 0 fully saturated rings. The zero-order chi connectivity index (χ0) is 22.3. The molecule has 0 bridgehead atoms. The van der Waals surface area contributed by atoms with Gasteiger partial charge in [-0.25, -0.2) is 0 Å². The highest BCUT2D eigenvalue weighted by molar-refractivity contribution is 7.97. The van der Waals surface area contributed by atoms with Gasteiger partial charge in [-0.15, -0.1) is 0 Å². The summed E-state index contributed by atoms with van der Waals surface area (Å²) in [6, 6.07) is 17.3. The van der Waals surface area contributed by atoms with Crippen LogP contribution in [0.5, 0.6) is 0 Å². The topological polar surface area (TPSA) is 48.7 Å². The van der Waals surface area contributed by atoms with Crippen molar-refractivity contribution in [2.24, 2.45) is 0 Å². The summed E-state index contributed by atoms with van der Waals surface area (Å²) in [6.45, 7) is 1.99. The lowest BCUT2D eigenvalue weighted by Crippen LogP contribution is -2.16. The molecule has 1 atom stereocenters. The summed E-state index contributed by atoms with van der Waals surface area (Å²) < 4.78 is 43.2. The molecule has 7 heteroatoms. The summed E-state index contributed by atoms with van der Waals surface area (Å²) in [5.74, 6) is 0. The van der Waals surface area contributed by atoms with Gasteiger partial charge in [0.1, 0.15) is 0 Å². The highest BCUT2D eigenvalue weighted by Gasteiger charge is 2.33. The Balaban J connectivity index is 1.86. The maximum atomic E-state index is 13.3. The van der Waals surface area contributed by atoms with Crippen molar-refractivity contribution in [1.82, 2.24) is 9.71 Å². The van der Waals surface area contributed by atoms with E-state index < -0.39 is 11.7 Å². The molecule has 0 saturated heterocycles. The van der Waals surface area contributed by atoms with E-state index in [9.17, 15) is 13.2 Å². The van der Waals surface area contributed by atoms with Gasteiger partial charge >= 0.3 is 6.18 Å². The fourth-order valence-corrected chi connectivity index (χ4v) is 4.29. The summed E-state index contributed by atoms with van der Waals surface area (Å²) in [5.41, 5.74) is 3.42. The first-order valence-electron chi connectivity index (χ1n) is 9.86. The number of rotatable bonds is 8. The number of benzene rings is 2. The zero-order valence-corrected chi connectivity index (χ0v) is 17.8. The average molecular weight is 442 g/mol. The molecule has 0 aliphatic carbocycles. The van der Waals surface area contributed by atoms with Gasteiger partial charge < -0.3 is 0 Å². The van der Waals surface area contributed by atoms with Crippen molar-refractivity contribution in [1.29, 1.82) is 5.26 Å². The predicted molar refractivity (Wildman–Crippen MR) is 117 cm³/mol. The highest BCUT2D eigenvalue weighted by atomic mass is 32.2. The van der Waals surface area contributed by atoms with Crippen molar-refractivity contribution >= 4 is 11.9 Å². The smallest absolute Gasteiger partial charge is 0.264 e. The van der Waals surface area contributed by atoms with E-state index in [1.807, 2.05) is 37.3 Å². The first-order chi connectivity index (χ1) is 14.9. The van der Waals surface area contributed by atoms with Gasteiger partial charge in [0.2, 0.25) is 0 Å². The summed E-state index contributed by atoms with van der Waals surface area (Å²) >= 11 is 0.977. The standard InChI is InChI=1S/C24H22F3N3S/c1-17-16-29-14-12-20(17)18-7-6-8-19(15-18)22(10-4-5-13-28)30-31-23-11-3-2-9-21(23)24(25,26)27/h2-3,6-9,11-12,14-16,22,30H,4-5,10H2,1H3. The minimum Gasteiger partial charge on any atom is -0.264 e. The fourth-order valence-electron chi connectivity index (χ4n) is 3.32. The number of aromatic nitrogens is 1. The number of nitrogens with one attached hydrogen (secondary N) is 1. The molecule has 1 aromatic heterocycles. The minimum atomic E-state index is -4.42. The molecule has 0 aliphatic rings. The third-order valence-electron chi connectivity index (χ3n) is 4.91. The molecule has 0 amide bonds. The normalized spacial score (nSPS) is 12.4. The molecule has 160 valence electrons. The largest absolute Gasteiger partial charge is 0.417 e. The molecule has 0 radical (unpaired) electrons. The van der Waals surface area contributed by atoms with E-state index in [2.05, 4.69) is 15.8 Å². The van der Waals surface area contributed by atoms with Crippen LogP contribution in [-0.2, 0) is 6.18 Å². The van der Waals surface area contributed by atoms with Gasteiger partial charge in [0, 0.05) is 29.8 Å². The first-order valence-corrected chi connectivity index (χ1v) is 10.7. The molecule has 3 aromatic rings. The van der Waals surface area contributed by atoms with Crippen molar-refractivity contribution in [3.05, 3.63) is 83.7 Å². The maximum absolute atomic E-state index is 13.3. The van der Waals surface area contributed by atoms with Crippen LogP contribution >= 0.6 is 11.9 Å². The monoisotopic (exact) mass is 441 g/mol. The molecule has 31 heavy (non-hydrogen) atoms. The van der Waals surface area contributed by atoms with E-state index in [0.717, 1.165) is 40.3 Å². The van der Waals surface area contributed by atoms with Crippen molar-refractivity contribution in [3.63, 3.8) is 0 Å². The highest BCUT2D eigenvalue weighted by Crippen LogP contribution is 2.37. The van der Waals surface area contributed by atoms with Gasteiger partial charge in [0.05, 0.1) is 11.6 Å². The van der Waals surface area contributed by atoms with Crippen molar-refractivity contribution in [2.75, 3.05) is 0 Å². The van der Waals surface area contributed by atoms with Gasteiger partial charge in [-0.05, 0) is 78.2 Å². The predicted octanol–water partition coefficient (Wildman–Crippen LogP) is 7.11. The number of pyridine rings is 1. The number of unbranched alkanes of at least 4 members (excludes halogenated alkanes) is 1. The average Bonchev–Trinajstić information content (AvgIpc) is 2.76. The Labute approximate surface area is 184 Å². The lowest BCUT2D eigenvalue weighted by molar-refractivity contribution is -0.139. The van der Waals surface area contributed by atoms with Gasteiger partial charge in [-0.1, -0.05) is 30.3 Å². The number of aryl methyl sites for hydroxylation is 1. The quantitative estimate of drug-likeness (QED) is 0.299. The van der Waals surface area contributed by atoms with Crippen LogP contribution in [0.3, 0.4) is 0 Å². The van der Waals surface area contributed by atoms with Crippen molar-refractivity contribution in [2.45, 2.75) is 43.3 Å². The van der Waals surface area contributed by atoms with Crippen molar-refractivity contribution in [3.8, 4) is 17.2 Å². The molecule has 3 nitrogen and oxygen atoms in total. The maximum Gasteiger partial charge on any atom is 0.417 e. The Bertz CT molecular complexity index is 1060. The van der Waals surface area contributed by atoms with Crippen LogP contribution < -0.4 is 4.72 Å². The van der Waals surface area contributed by atoms with E-state index in [4.69, 9.17) is 5.26 Å². The number of nitrogens with zero attached hydrogens (tertiary/aromatic N) is 2. The van der Waals surface area contributed by atoms with Crippen LogP contribution in [0.15, 0.2) is 71.9 Å². The van der Waals surface area contributed by atoms with Crippen LogP contribution in [0.25, 0.3) is 11.1 Å². The van der Waals surface area contributed by atoms with Crippen LogP contribution in [0.2, 0.25) is 0 Å². The molecule has 1 heterocycles. The Morgan fingerprint density at radius 3 is 2.68 bits per heavy atom. The van der Waals surface area contributed by atoms with E-state index in [1.54, 1.807) is 18.5 Å². The number of nitriles is 1. The second-order valence-electron chi connectivity index (χ2n) is 7.13. The molecular weight excluding hydrogens is 419 g/mol. The van der Waals surface area contributed by atoms with E-state index in [0.29, 0.717) is 19.3 Å². The molecule has 1 unspecified atom stereocenters. The third-order valence-corrected chi connectivity index (χ3v) is 5.88. The van der Waals surface area contributed by atoms with Crippen LogP contribution in [0.4, 0.5) is 13.2 Å². The second kappa shape index (κ2) is 10.5. The van der Waals surface area contributed by atoms with Crippen LogP contribution in [0, 0.1) is 18.3 Å². The molecular formula is C24H22F3N3S. The number of hydrogen-bond donors (Lipinski definition) is 1. The Hall–Kier alpha value is -2.82. The Kier molecular flexibility index (Phi) is 7.72. The minimum absolute atomic E-state index is 0.126. The Morgan fingerprint density at radius 1 is 1.13 bits per heavy atom. The lowest BCUT2D eigenvalue weighted by Gasteiger charge is -2.21. The lowest BCUT2D eigenvalue weighted by atomic mass is 9.96. The van der Waals surface area contributed by atoms with Gasteiger partial charge in [0.25, 0.3) is 0 Å². The number of halogens is 3. The van der Waals surface area contributed by atoms with Crippen LogP contribution in [-0.4, -0.2) is 4.98 Å². The molecule has 0 saturated carbocycles. The molecule has 0 aliphatic heterocycles. The molecule has 3 rings (SSSR count). The second-order valence-corrected chi connectivity index (χ2v) is 8.01. The first kappa shape index (κ1) is 22.9. The zero-order valence-electron chi connectivity index (χ0n) is 17.0. The number of alkyl halides is 3. The van der Waals surface area contributed by atoms with Gasteiger partial charge in [-0.2, -0.15) is 18.4 Å². The Morgan fingerprint density at radius 2 is 1.94 bits per heavy atom. The summed E-state index contributed by atoms with van der Waals surface area (Å²) in [7, 11) is 0. The summed E-state index contributed by atoms with van der Waals surface area (Å²) in [5, 5.41) is 8.90. The van der Waals surface area contributed by atoms with E-state index in [1.165, 1.54) is 12.1 Å². The molecule has 0 spiro atoms. The summed E-state index contributed by atoms with van der Waals surface area (Å²) in [4.78, 5) is 4.26. The number of hydrogen-bond acceptors (Lipinski definition) is 4. The van der Waals surface area contributed by atoms with Gasteiger partial charge in [-0.3, -0.25) is 9.71 Å². The van der Waals surface area contributed by atoms with Crippen molar-refractivity contribution < 1.29 is 13.2 Å². The third kappa shape index (κ3) is 6.09.